The summed E-state index contributed by atoms with van der Waals surface area (Å²) in [6.45, 7) is 6.16. The Morgan fingerprint density at radius 3 is 2.71 bits per heavy atom. The monoisotopic (exact) mass is 253 g/mol. The third kappa shape index (κ3) is 2.53. The summed E-state index contributed by atoms with van der Waals surface area (Å²) in [7, 11) is -3.07. The van der Waals surface area contributed by atoms with E-state index >= 15 is 0 Å². The number of hydrogen-bond acceptors (Lipinski definition) is 3. The molecule has 1 atom stereocenters. The van der Waals surface area contributed by atoms with Crippen LogP contribution in [0, 0.1) is 6.92 Å². The van der Waals surface area contributed by atoms with Gasteiger partial charge in [0, 0.05) is 12.1 Å². The van der Waals surface area contributed by atoms with Crippen LogP contribution in [0.3, 0.4) is 0 Å². The molecule has 0 fully saturated rings. The van der Waals surface area contributed by atoms with Gasteiger partial charge in [-0.15, -0.1) is 0 Å². The number of aryl methyl sites for hydroxylation is 1. The normalized spacial score (nSPS) is 22.5. The van der Waals surface area contributed by atoms with Crippen molar-refractivity contribution < 1.29 is 8.42 Å². The van der Waals surface area contributed by atoms with Gasteiger partial charge in [0.1, 0.15) is 0 Å². The van der Waals surface area contributed by atoms with Crippen molar-refractivity contribution in [2.24, 2.45) is 0 Å². The fourth-order valence-corrected chi connectivity index (χ4v) is 3.94. The van der Waals surface area contributed by atoms with Crippen molar-refractivity contribution in [1.82, 2.24) is 5.32 Å². The molecule has 0 bridgehead atoms. The molecule has 2 rings (SSSR count). The molecule has 0 aromatic heterocycles. The molecule has 17 heavy (non-hydrogen) atoms. The van der Waals surface area contributed by atoms with E-state index in [1.807, 2.05) is 19.1 Å². The molecule has 1 aliphatic heterocycles. The van der Waals surface area contributed by atoms with Crippen LogP contribution in [0.15, 0.2) is 23.1 Å². The predicted molar refractivity (Wildman–Crippen MR) is 68.9 cm³/mol. The van der Waals surface area contributed by atoms with Crippen LogP contribution in [-0.4, -0.2) is 20.2 Å². The summed E-state index contributed by atoms with van der Waals surface area (Å²) in [4.78, 5) is 0.507. The summed E-state index contributed by atoms with van der Waals surface area (Å²) in [6, 6.07) is 6.12. The second-order valence-electron chi connectivity index (χ2n) is 5.02. The second kappa shape index (κ2) is 4.42. The van der Waals surface area contributed by atoms with Crippen LogP contribution >= 0.6 is 0 Å². The number of fused-ring (bicyclic) bond motifs is 1. The number of sulfone groups is 1. The third-order valence-corrected chi connectivity index (χ3v) is 4.90. The maximum absolute atomic E-state index is 12.0. The summed E-state index contributed by atoms with van der Waals surface area (Å²) in [5.74, 6) is 0.243. The van der Waals surface area contributed by atoms with E-state index in [2.05, 4.69) is 19.2 Å². The molecule has 0 aliphatic carbocycles. The molecule has 0 spiro atoms. The lowest BCUT2D eigenvalue weighted by atomic mass is 10.0. The van der Waals surface area contributed by atoms with Crippen LogP contribution in [0.25, 0.3) is 0 Å². The molecule has 4 heteroatoms. The van der Waals surface area contributed by atoms with Crippen molar-refractivity contribution in [3.63, 3.8) is 0 Å². The lowest BCUT2D eigenvalue weighted by Gasteiger charge is -2.28. The molecule has 1 aromatic rings. The summed E-state index contributed by atoms with van der Waals surface area (Å²) in [5.41, 5.74) is 2.04. The van der Waals surface area contributed by atoms with Crippen molar-refractivity contribution in [3.05, 3.63) is 29.3 Å². The van der Waals surface area contributed by atoms with Crippen molar-refractivity contribution in [1.29, 1.82) is 0 Å². The molecule has 1 unspecified atom stereocenters. The molecule has 94 valence electrons. The molecule has 1 aliphatic rings. The first-order valence-corrected chi connectivity index (χ1v) is 7.65. The van der Waals surface area contributed by atoms with Gasteiger partial charge >= 0.3 is 0 Å². The summed E-state index contributed by atoms with van der Waals surface area (Å²) in [6.07, 6.45) is 0.664. The van der Waals surface area contributed by atoms with E-state index in [0.717, 1.165) is 11.1 Å². The van der Waals surface area contributed by atoms with Gasteiger partial charge in [-0.2, -0.15) is 0 Å². The van der Waals surface area contributed by atoms with Crippen molar-refractivity contribution in [2.75, 3.05) is 5.75 Å². The predicted octanol–water partition coefficient (Wildman–Crippen LogP) is 2.21. The van der Waals surface area contributed by atoms with E-state index < -0.39 is 9.84 Å². The molecular formula is C13H19NO2S. The van der Waals surface area contributed by atoms with Crippen molar-refractivity contribution in [3.8, 4) is 0 Å². The summed E-state index contributed by atoms with van der Waals surface area (Å²) < 4.78 is 24.0. The van der Waals surface area contributed by atoms with E-state index in [1.54, 1.807) is 6.07 Å². The first kappa shape index (κ1) is 12.6. The fraction of sp³-hybridized carbons (Fsp3) is 0.538. The Morgan fingerprint density at radius 1 is 1.35 bits per heavy atom. The number of hydrogen-bond donors (Lipinski definition) is 1. The number of nitrogens with one attached hydrogen (secondary N) is 1. The fourth-order valence-electron chi connectivity index (χ4n) is 2.34. The highest BCUT2D eigenvalue weighted by atomic mass is 32.2. The Hall–Kier alpha value is -0.870. The Balaban J connectivity index is 2.49. The molecule has 1 N–H and O–H groups in total. The maximum atomic E-state index is 12.0. The Labute approximate surface area is 103 Å². The topological polar surface area (TPSA) is 46.2 Å². The van der Waals surface area contributed by atoms with Crippen molar-refractivity contribution >= 4 is 9.84 Å². The molecule has 0 radical (unpaired) electrons. The van der Waals surface area contributed by atoms with Gasteiger partial charge < -0.3 is 5.32 Å². The van der Waals surface area contributed by atoms with E-state index in [-0.39, 0.29) is 11.8 Å². The smallest absolute Gasteiger partial charge is 0.178 e. The van der Waals surface area contributed by atoms with Gasteiger partial charge in [0.05, 0.1) is 10.6 Å². The average molecular weight is 253 g/mol. The maximum Gasteiger partial charge on any atom is 0.178 e. The van der Waals surface area contributed by atoms with Crippen LogP contribution in [0.4, 0.5) is 0 Å². The minimum atomic E-state index is -3.07. The van der Waals surface area contributed by atoms with Crippen LogP contribution in [0.2, 0.25) is 0 Å². The van der Waals surface area contributed by atoms with Gasteiger partial charge in [-0.05, 0) is 25.0 Å². The SMILES string of the molecule is Cc1ccc2c(c1)C(NC(C)C)CCS2(=O)=O. The molecule has 0 amide bonds. The van der Waals surface area contributed by atoms with Gasteiger partial charge in [0.25, 0.3) is 0 Å². The average Bonchev–Trinajstić information content (AvgIpc) is 2.22. The largest absolute Gasteiger partial charge is 0.308 e. The van der Waals surface area contributed by atoms with Crippen LogP contribution in [-0.2, 0) is 9.84 Å². The molecule has 0 saturated heterocycles. The molecule has 0 saturated carbocycles. The molecule has 3 nitrogen and oxygen atoms in total. The Morgan fingerprint density at radius 2 is 2.06 bits per heavy atom. The minimum Gasteiger partial charge on any atom is -0.308 e. The van der Waals surface area contributed by atoms with Crippen LogP contribution in [0.5, 0.6) is 0 Å². The zero-order valence-corrected chi connectivity index (χ0v) is 11.3. The number of benzene rings is 1. The molecule has 1 heterocycles. The van der Waals surface area contributed by atoms with Crippen LogP contribution in [0.1, 0.15) is 37.4 Å². The van der Waals surface area contributed by atoms with E-state index in [1.165, 1.54) is 0 Å². The van der Waals surface area contributed by atoms with Gasteiger partial charge in [-0.25, -0.2) is 8.42 Å². The van der Waals surface area contributed by atoms with Gasteiger partial charge in [-0.1, -0.05) is 31.5 Å². The highest BCUT2D eigenvalue weighted by Crippen LogP contribution is 2.32. The first-order chi connectivity index (χ1) is 7.90. The molecular weight excluding hydrogens is 234 g/mol. The lowest BCUT2D eigenvalue weighted by Crippen LogP contribution is -2.33. The van der Waals surface area contributed by atoms with E-state index in [9.17, 15) is 8.42 Å². The zero-order chi connectivity index (χ0) is 12.6. The third-order valence-electron chi connectivity index (χ3n) is 3.09. The Kier molecular flexibility index (Phi) is 3.27. The summed E-state index contributed by atoms with van der Waals surface area (Å²) >= 11 is 0. The second-order valence-corrected chi connectivity index (χ2v) is 7.10. The minimum absolute atomic E-state index is 0.161. The summed E-state index contributed by atoms with van der Waals surface area (Å²) in [5, 5.41) is 3.44. The lowest BCUT2D eigenvalue weighted by molar-refractivity contribution is 0.449. The first-order valence-electron chi connectivity index (χ1n) is 5.99. The van der Waals surface area contributed by atoms with Crippen LogP contribution < -0.4 is 5.32 Å². The quantitative estimate of drug-likeness (QED) is 0.879. The zero-order valence-electron chi connectivity index (χ0n) is 10.5. The van der Waals surface area contributed by atoms with E-state index in [0.29, 0.717) is 17.4 Å². The standard InChI is InChI=1S/C13H19NO2S/c1-9(2)14-12-6-7-17(15,16)13-5-4-10(3)8-11(12)13/h4-5,8-9,12,14H,6-7H2,1-3H3. The van der Waals surface area contributed by atoms with E-state index in [4.69, 9.17) is 0 Å². The van der Waals surface area contributed by atoms with Gasteiger partial charge in [0.2, 0.25) is 0 Å². The molecule has 1 aromatic carbocycles. The number of rotatable bonds is 2. The Bertz CT molecular complexity index is 520. The highest BCUT2D eigenvalue weighted by molar-refractivity contribution is 7.91. The van der Waals surface area contributed by atoms with Gasteiger partial charge in [-0.3, -0.25) is 0 Å². The van der Waals surface area contributed by atoms with Crippen molar-refractivity contribution in [2.45, 2.75) is 44.2 Å². The highest BCUT2D eigenvalue weighted by Gasteiger charge is 2.30. The van der Waals surface area contributed by atoms with Gasteiger partial charge in [0.15, 0.2) is 9.84 Å².